The zero-order valence-electron chi connectivity index (χ0n) is 14.5. The predicted molar refractivity (Wildman–Crippen MR) is 103 cm³/mol. The second-order valence-corrected chi connectivity index (χ2v) is 10.4. The van der Waals surface area contributed by atoms with E-state index in [1.807, 2.05) is 17.5 Å². The molecule has 142 valence electrons. The molecule has 0 saturated carbocycles. The highest BCUT2D eigenvalue weighted by Crippen LogP contribution is 2.21. The number of sulfonamides is 1. The molecule has 1 aliphatic heterocycles. The van der Waals surface area contributed by atoms with E-state index < -0.39 is 10.0 Å². The van der Waals surface area contributed by atoms with Crippen LogP contribution < -0.4 is 0 Å². The lowest BCUT2D eigenvalue weighted by Crippen LogP contribution is -2.43. The molecule has 2 aromatic rings. The molecule has 0 bridgehead atoms. The van der Waals surface area contributed by atoms with Gasteiger partial charge < -0.3 is 9.64 Å². The molecule has 1 saturated heterocycles. The molecule has 0 aromatic carbocycles. The molecule has 2 aromatic heterocycles. The number of likely N-dealkylation sites (N-methyl/N-ethyl adjacent to an activating group) is 1. The van der Waals surface area contributed by atoms with Crippen molar-refractivity contribution in [3.05, 3.63) is 39.9 Å². The molecular formula is C17H22N2O4S3. The summed E-state index contributed by atoms with van der Waals surface area (Å²) < 4.78 is 32.1. The number of amides is 1. The standard InChI is InChI=1S/C17H22N2O4S3/c1-18(26(21,22)17-7-4-10-25-17)13-16(20)19(11-14-5-2-8-23-14)12-15-6-3-9-24-15/h3-4,6-7,9-10,14H,2,5,8,11-13H2,1H3. The van der Waals surface area contributed by atoms with E-state index >= 15 is 0 Å². The molecule has 1 aliphatic rings. The first kappa shape index (κ1) is 19.5. The highest BCUT2D eigenvalue weighted by molar-refractivity contribution is 7.91. The molecule has 0 aliphatic carbocycles. The second-order valence-electron chi connectivity index (χ2n) is 6.18. The van der Waals surface area contributed by atoms with Crippen molar-refractivity contribution in [2.45, 2.75) is 29.7 Å². The molecule has 1 atom stereocenters. The van der Waals surface area contributed by atoms with Crippen molar-refractivity contribution in [2.75, 3.05) is 26.7 Å². The Kier molecular flexibility index (Phi) is 6.46. The van der Waals surface area contributed by atoms with Gasteiger partial charge in [0.2, 0.25) is 5.91 Å². The van der Waals surface area contributed by atoms with Gasteiger partial charge in [-0.3, -0.25) is 4.79 Å². The summed E-state index contributed by atoms with van der Waals surface area (Å²) in [5, 5.41) is 3.68. The molecule has 3 heterocycles. The predicted octanol–water partition coefficient (Wildman–Crippen LogP) is 2.64. The molecule has 1 amide bonds. The molecule has 0 radical (unpaired) electrons. The van der Waals surface area contributed by atoms with Crippen LogP contribution in [0.1, 0.15) is 17.7 Å². The van der Waals surface area contributed by atoms with E-state index in [9.17, 15) is 13.2 Å². The van der Waals surface area contributed by atoms with E-state index in [1.54, 1.807) is 33.7 Å². The van der Waals surface area contributed by atoms with Crippen molar-refractivity contribution in [1.29, 1.82) is 0 Å². The van der Waals surface area contributed by atoms with Gasteiger partial charge in [0.1, 0.15) is 4.21 Å². The molecule has 26 heavy (non-hydrogen) atoms. The van der Waals surface area contributed by atoms with Crippen molar-refractivity contribution < 1.29 is 17.9 Å². The number of rotatable bonds is 8. The second kappa shape index (κ2) is 8.62. The molecule has 0 spiro atoms. The fourth-order valence-corrected chi connectivity index (χ4v) is 5.86. The monoisotopic (exact) mass is 414 g/mol. The Morgan fingerprint density at radius 3 is 2.65 bits per heavy atom. The van der Waals surface area contributed by atoms with Crippen molar-refractivity contribution >= 4 is 38.6 Å². The lowest BCUT2D eigenvalue weighted by Gasteiger charge is -2.27. The third kappa shape index (κ3) is 4.72. The first-order chi connectivity index (χ1) is 12.5. The van der Waals surface area contributed by atoms with Gasteiger partial charge >= 0.3 is 0 Å². The zero-order chi connectivity index (χ0) is 18.6. The lowest BCUT2D eigenvalue weighted by molar-refractivity contribution is -0.133. The van der Waals surface area contributed by atoms with Crippen LogP contribution in [0.4, 0.5) is 0 Å². The number of carbonyl (C=O) groups is 1. The van der Waals surface area contributed by atoms with E-state index in [-0.39, 0.29) is 22.8 Å². The van der Waals surface area contributed by atoms with Gasteiger partial charge in [0.15, 0.2) is 0 Å². The Morgan fingerprint density at radius 2 is 2.04 bits per heavy atom. The first-order valence-electron chi connectivity index (χ1n) is 8.38. The van der Waals surface area contributed by atoms with Crippen LogP contribution in [0.3, 0.4) is 0 Å². The van der Waals surface area contributed by atoms with Gasteiger partial charge in [0.25, 0.3) is 10.0 Å². The first-order valence-corrected chi connectivity index (χ1v) is 11.6. The summed E-state index contributed by atoms with van der Waals surface area (Å²) in [6.07, 6.45) is 1.95. The Balaban J connectivity index is 1.69. The van der Waals surface area contributed by atoms with Gasteiger partial charge in [-0.15, -0.1) is 22.7 Å². The van der Waals surface area contributed by atoms with Gasteiger partial charge in [-0.05, 0) is 35.7 Å². The van der Waals surface area contributed by atoms with Gasteiger partial charge in [-0.25, -0.2) is 8.42 Å². The summed E-state index contributed by atoms with van der Waals surface area (Å²) in [4.78, 5) is 15.6. The maximum absolute atomic E-state index is 12.9. The van der Waals surface area contributed by atoms with Crippen LogP contribution in [0.25, 0.3) is 0 Å². The topological polar surface area (TPSA) is 66.9 Å². The smallest absolute Gasteiger partial charge is 0.252 e. The number of hydrogen-bond acceptors (Lipinski definition) is 6. The normalized spacial score (nSPS) is 17.7. The molecule has 1 fully saturated rings. The van der Waals surface area contributed by atoms with Crippen LogP contribution in [0.2, 0.25) is 0 Å². The summed E-state index contributed by atoms with van der Waals surface area (Å²) in [5.41, 5.74) is 0. The summed E-state index contributed by atoms with van der Waals surface area (Å²) >= 11 is 2.73. The molecule has 6 nitrogen and oxygen atoms in total. The van der Waals surface area contributed by atoms with E-state index in [0.29, 0.717) is 13.1 Å². The molecule has 0 N–H and O–H groups in total. The number of hydrogen-bond donors (Lipinski definition) is 0. The lowest BCUT2D eigenvalue weighted by atomic mass is 10.2. The Bertz CT molecular complexity index is 797. The zero-order valence-corrected chi connectivity index (χ0v) is 17.0. The number of thiophene rings is 2. The molecule has 1 unspecified atom stereocenters. The Hall–Kier alpha value is -1.26. The number of ether oxygens (including phenoxy) is 1. The third-order valence-corrected chi connectivity index (χ3v) is 8.28. The van der Waals surface area contributed by atoms with Gasteiger partial charge in [-0.2, -0.15) is 4.31 Å². The van der Waals surface area contributed by atoms with Crippen LogP contribution >= 0.6 is 22.7 Å². The van der Waals surface area contributed by atoms with Crippen LogP contribution in [-0.2, 0) is 26.1 Å². The minimum absolute atomic E-state index is 0.0260. The minimum Gasteiger partial charge on any atom is -0.376 e. The highest BCUT2D eigenvalue weighted by Gasteiger charge is 2.28. The molecule has 9 heteroatoms. The van der Waals surface area contributed by atoms with Gasteiger partial charge in [0, 0.05) is 25.1 Å². The SMILES string of the molecule is CN(CC(=O)N(Cc1cccs1)CC1CCCO1)S(=O)(=O)c1cccs1. The number of nitrogens with zero attached hydrogens (tertiary/aromatic N) is 2. The van der Waals surface area contributed by atoms with Crippen LogP contribution in [0.15, 0.2) is 39.2 Å². The quantitative estimate of drug-likeness (QED) is 0.666. The maximum Gasteiger partial charge on any atom is 0.252 e. The highest BCUT2D eigenvalue weighted by atomic mass is 32.2. The fraction of sp³-hybridized carbons (Fsp3) is 0.471. The van der Waals surface area contributed by atoms with Crippen molar-refractivity contribution in [3.8, 4) is 0 Å². The van der Waals surface area contributed by atoms with Gasteiger partial charge in [-0.1, -0.05) is 12.1 Å². The van der Waals surface area contributed by atoms with E-state index in [4.69, 9.17) is 4.74 Å². The fourth-order valence-electron chi connectivity index (χ4n) is 2.82. The maximum atomic E-state index is 12.9. The van der Waals surface area contributed by atoms with Crippen LogP contribution in [-0.4, -0.2) is 56.4 Å². The molecule has 3 rings (SSSR count). The Morgan fingerprint density at radius 1 is 1.27 bits per heavy atom. The van der Waals surface area contributed by atoms with E-state index in [1.165, 1.54) is 7.05 Å². The third-order valence-electron chi connectivity index (χ3n) is 4.25. The summed E-state index contributed by atoms with van der Waals surface area (Å²) in [6, 6.07) is 7.17. The minimum atomic E-state index is -3.64. The summed E-state index contributed by atoms with van der Waals surface area (Å²) in [7, 11) is -2.19. The Labute approximate surface area is 162 Å². The van der Waals surface area contributed by atoms with Crippen molar-refractivity contribution in [3.63, 3.8) is 0 Å². The summed E-state index contributed by atoms with van der Waals surface area (Å²) in [5.74, 6) is -0.212. The van der Waals surface area contributed by atoms with Gasteiger partial charge in [0.05, 0.1) is 19.2 Å². The van der Waals surface area contributed by atoms with Crippen molar-refractivity contribution in [1.82, 2.24) is 9.21 Å². The van der Waals surface area contributed by atoms with E-state index in [2.05, 4.69) is 0 Å². The average molecular weight is 415 g/mol. The average Bonchev–Trinajstić information content (AvgIpc) is 3.37. The van der Waals surface area contributed by atoms with Crippen molar-refractivity contribution in [2.24, 2.45) is 0 Å². The van der Waals surface area contributed by atoms with E-state index in [0.717, 1.165) is 40.0 Å². The van der Waals surface area contributed by atoms with Crippen LogP contribution in [0, 0.1) is 0 Å². The number of carbonyl (C=O) groups excluding carboxylic acids is 1. The molecular weight excluding hydrogens is 392 g/mol. The van der Waals surface area contributed by atoms with Crippen LogP contribution in [0.5, 0.6) is 0 Å². The largest absolute Gasteiger partial charge is 0.376 e. The summed E-state index contributed by atoms with van der Waals surface area (Å²) in [6.45, 7) is 1.50.